The minimum atomic E-state index is -0.842. The van der Waals surface area contributed by atoms with E-state index in [1.165, 1.54) is 29.3 Å². The van der Waals surface area contributed by atoms with Crippen molar-refractivity contribution >= 4 is 27.8 Å². The number of halogens is 2. The summed E-state index contributed by atoms with van der Waals surface area (Å²) in [6.07, 6.45) is 0. The molecule has 0 unspecified atom stereocenters. The van der Waals surface area contributed by atoms with E-state index in [2.05, 4.69) is 46.0 Å². The lowest BCUT2D eigenvalue weighted by molar-refractivity contribution is -0.136. The van der Waals surface area contributed by atoms with Crippen LogP contribution in [0.5, 0.6) is 0 Å². The number of carbonyl (C=O) groups excluding carboxylic acids is 2. The van der Waals surface area contributed by atoms with Crippen LogP contribution in [0.2, 0.25) is 0 Å². The second-order valence-electron chi connectivity index (χ2n) is 6.85. The smallest absolute Gasteiger partial charge is 0.341 e. The first-order valence-corrected chi connectivity index (χ1v) is 9.89. The Morgan fingerprint density at radius 1 is 1.11 bits per heavy atom. The first-order valence-electron chi connectivity index (χ1n) is 9.10. The molecule has 0 spiro atoms. The number of aryl methyl sites for hydroxylation is 1. The average Bonchev–Trinajstić information content (AvgIpc) is 2.68. The van der Waals surface area contributed by atoms with Crippen molar-refractivity contribution in [3.05, 3.63) is 69.4 Å². The minimum Gasteiger partial charge on any atom is -0.452 e. The van der Waals surface area contributed by atoms with Gasteiger partial charge in [0.25, 0.3) is 5.91 Å². The van der Waals surface area contributed by atoms with E-state index in [1.54, 1.807) is 4.90 Å². The molecule has 28 heavy (non-hydrogen) atoms. The molecule has 0 bridgehead atoms. The van der Waals surface area contributed by atoms with Gasteiger partial charge in [0.15, 0.2) is 6.61 Å². The van der Waals surface area contributed by atoms with Gasteiger partial charge < -0.3 is 9.64 Å². The summed E-state index contributed by atoms with van der Waals surface area (Å²) in [5.41, 5.74) is 2.30. The van der Waals surface area contributed by atoms with Gasteiger partial charge in [-0.3, -0.25) is 9.69 Å². The van der Waals surface area contributed by atoms with Crippen LogP contribution in [0.1, 0.15) is 21.5 Å². The monoisotopic (exact) mass is 448 g/mol. The minimum absolute atomic E-state index is 0.190. The standard InChI is InChI=1S/C21H22BrFN2O3/c1-15-3-2-4-16(11-15)13-24-7-9-25(10-8-24)20(26)14-28-21(27)18-12-17(22)5-6-19(18)23/h2-6,11-12H,7-10,13-14H2,1H3. The molecule has 1 amide bonds. The third-order valence-electron chi connectivity index (χ3n) is 4.69. The number of nitrogens with zero attached hydrogens (tertiary/aromatic N) is 2. The molecule has 1 heterocycles. The zero-order chi connectivity index (χ0) is 20.1. The predicted molar refractivity (Wildman–Crippen MR) is 107 cm³/mol. The fourth-order valence-electron chi connectivity index (χ4n) is 3.17. The Balaban J connectivity index is 1.46. The molecule has 1 saturated heterocycles. The second-order valence-corrected chi connectivity index (χ2v) is 7.76. The van der Waals surface area contributed by atoms with Gasteiger partial charge in [-0.2, -0.15) is 0 Å². The number of rotatable bonds is 5. The van der Waals surface area contributed by atoms with Gasteiger partial charge in [-0.25, -0.2) is 9.18 Å². The van der Waals surface area contributed by atoms with Crippen molar-refractivity contribution in [2.45, 2.75) is 13.5 Å². The summed E-state index contributed by atoms with van der Waals surface area (Å²) in [6.45, 7) is 5.20. The molecule has 0 atom stereocenters. The van der Waals surface area contributed by atoms with Crippen LogP contribution in [0.15, 0.2) is 46.9 Å². The Morgan fingerprint density at radius 3 is 2.57 bits per heavy atom. The molecule has 0 radical (unpaired) electrons. The quantitative estimate of drug-likeness (QED) is 0.657. The zero-order valence-corrected chi connectivity index (χ0v) is 17.2. The second kappa shape index (κ2) is 9.30. The molecule has 7 heteroatoms. The lowest BCUT2D eigenvalue weighted by atomic mass is 10.1. The normalized spacial score (nSPS) is 14.8. The van der Waals surface area contributed by atoms with Crippen molar-refractivity contribution < 1.29 is 18.7 Å². The van der Waals surface area contributed by atoms with Gasteiger partial charge in [0.1, 0.15) is 5.82 Å². The summed E-state index contributed by atoms with van der Waals surface area (Å²) < 4.78 is 19.3. The van der Waals surface area contributed by atoms with Crippen molar-refractivity contribution in [1.29, 1.82) is 0 Å². The molecule has 5 nitrogen and oxygen atoms in total. The van der Waals surface area contributed by atoms with Crippen LogP contribution < -0.4 is 0 Å². The lowest BCUT2D eigenvalue weighted by Gasteiger charge is -2.34. The van der Waals surface area contributed by atoms with E-state index in [-0.39, 0.29) is 18.1 Å². The highest BCUT2D eigenvalue weighted by molar-refractivity contribution is 9.10. The molecule has 148 valence electrons. The molecule has 1 fully saturated rings. The first kappa shape index (κ1) is 20.5. The maximum Gasteiger partial charge on any atom is 0.341 e. The van der Waals surface area contributed by atoms with Gasteiger partial charge in [-0.05, 0) is 30.7 Å². The Morgan fingerprint density at radius 2 is 1.86 bits per heavy atom. The highest BCUT2D eigenvalue weighted by atomic mass is 79.9. The Bertz CT molecular complexity index is 866. The molecular formula is C21H22BrFN2O3. The van der Waals surface area contributed by atoms with Crippen LogP contribution in [0.4, 0.5) is 4.39 Å². The molecule has 3 rings (SSSR count). The fraction of sp³-hybridized carbons (Fsp3) is 0.333. The van der Waals surface area contributed by atoms with Gasteiger partial charge in [-0.15, -0.1) is 0 Å². The van der Waals surface area contributed by atoms with Crippen LogP contribution >= 0.6 is 15.9 Å². The number of ether oxygens (including phenoxy) is 1. The van der Waals surface area contributed by atoms with Crippen LogP contribution in [0.3, 0.4) is 0 Å². The Hall–Kier alpha value is -2.25. The number of benzene rings is 2. The Labute approximate surface area is 172 Å². The molecule has 0 aromatic heterocycles. The summed E-state index contributed by atoms with van der Waals surface area (Å²) in [7, 11) is 0. The third kappa shape index (κ3) is 5.39. The third-order valence-corrected chi connectivity index (χ3v) is 5.18. The molecule has 1 aliphatic rings. The van der Waals surface area contributed by atoms with Crippen molar-refractivity contribution in [1.82, 2.24) is 9.80 Å². The molecule has 2 aromatic carbocycles. The first-order chi connectivity index (χ1) is 13.4. The van der Waals surface area contributed by atoms with Gasteiger partial charge in [-0.1, -0.05) is 45.8 Å². The number of hydrogen-bond donors (Lipinski definition) is 0. The van der Waals surface area contributed by atoms with Crippen LogP contribution in [0.25, 0.3) is 0 Å². The van der Waals surface area contributed by atoms with Gasteiger partial charge in [0.2, 0.25) is 0 Å². The van der Waals surface area contributed by atoms with Gasteiger partial charge >= 0.3 is 5.97 Å². The predicted octanol–water partition coefficient (Wildman–Crippen LogP) is 3.40. The molecule has 0 aliphatic carbocycles. The number of carbonyl (C=O) groups is 2. The van der Waals surface area contributed by atoms with Crippen molar-refractivity contribution in [3.8, 4) is 0 Å². The van der Waals surface area contributed by atoms with Gasteiger partial charge in [0, 0.05) is 37.2 Å². The van der Waals surface area contributed by atoms with Crippen molar-refractivity contribution in [3.63, 3.8) is 0 Å². The summed E-state index contributed by atoms with van der Waals surface area (Å²) in [5.74, 6) is -1.78. The molecular weight excluding hydrogens is 427 g/mol. The highest BCUT2D eigenvalue weighted by Gasteiger charge is 2.23. The van der Waals surface area contributed by atoms with E-state index in [0.29, 0.717) is 17.6 Å². The maximum absolute atomic E-state index is 13.7. The van der Waals surface area contributed by atoms with Crippen LogP contribution in [-0.2, 0) is 16.1 Å². The highest BCUT2D eigenvalue weighted by Crippen LogP contribution is 2.16. The van der Waals surface area contributed by atoms with Crippen LogP contribution in [-0.4, -0.2) is 54.5 Å². The summed E-state index contributed by atoms with van der Waals surface area (Å²) >= 11 is 3.19. The number of hydrogen-bond acceptors (Lipinski definition) is 4. The number of piperazine rings is 1. The summed E-state index contributed by atoms with van der Waals surface area (Å²) in [6, 6.07) is 12.4. The maximum atomic E-state index is 13.7. The largest absolute Gasteiger partial charge is 0.452 e. The summed E-state index contributed by atoms with van der Waals surface area (Å²) in [4.78, 5) is 28.3. The molecule has 1 aliphatic heterocycles. The van der Waals surface area contributed by atoms with E-state index >= 15 is 0 Å². The Kier molecular flexibility index (Phi) is 6.80. The van der Waals surface area contributed by atoms with Crippen molar-refractivity contribution in [2.24, 2.45) is 0 Å². The summed E-state index contributed by atoms with van der Waals surface area (Å²) in [5, 5.41) is 0. The van der Waals surface area contributed by atoms with Crippen molar-refractivity contribution in [2.75, 3.05) is 32.8 Å². The van der Waals surface area contributed by atoms with E-state index in [9.17, 15) is 14.0 Å². The van der Waals surface area contributed by atoms with Gasteiger partial charge in [0.05, 0.1) is 5.56 Å². The molecule has 2 aromatic rings. The zero-order valence-electron chi connectivity index (χ0n) is 15.7. The van der Waals surface area contributed by atoms with Crippen LogP contribution in [0, 0.1) is 12.7 Å². The average molecular weight is 449 g/mol. The fourth-order valence-corrected chi connectivity index (χ4v) is 3.54. The molecule has 0 N–H and O–H groups in total. The number of esters is 1. The van der Waals surface area contributed by atoms with E-state index in [0.717, 1.165) is 19.6 Å². The molecule has 0 saturated carbocycles. The number of amides is 1. The SMILES string of the molecule is Cc1cccc(CN2CCN(C(=O)COC(=O)c3cc(Br)ccc3F)CC2)c1. The topological polar surface area (TPSA) is 49.9 Å². The van der Waals surface area contributed by atoms with E-state index in [4.69, 9.17) is 4.74 Å². The van der Waals surface area contributed by atoms with E-state index in [1.807, 2.05) is 6.07 Å². The lowest BCUT2D eigenvalue weighted by Crippen LogP contribution is -2.49. The van der Waals surface area contributed by atoms with E-state index < -0.39 is 11.8 Å².